The minimum atomic E-state index is -3.35. The molecule has 0 radical (unpaired) electrons. The van der Waals surface area contributed by atoms with Crippen molar-refractivity contribution in [2.75, 3.05) is 19.6 Å². The van der Waals surface area contributed by atoms with E-state index >= 15 is 0 Å². The lowest BCUT2D eigenvalue weighted by Gasteiger charge is -2.20. The summed E-state index contributed by atoms with van der Waals surface area (Å²) in [4.78, 5) is 10.9. The normalized spacial score (nSPS) is 25.3. The molecule has 0 aliphatic carbocycles. The van der Waals surface area contributed by atoms with Crippen molar-refractivity contribution in [3.05, 3.63) is 0 Å². The zero-order chi connectivity index (χ0) is 11.6. The van der Waals surface area contributed by atoms with Crippen molar-refractivity contribution in [2.45, 2.75) is 18.6 Å². The van der Waals surface area contributed by atoms with E-state index in [0.29, 0.717) is 13.0 Å². The molecule has 1 heterocycles. The van der Waals surface area contributed by atoms with Gasteiger partial charge in [-0.2, -0.15) is 0 Å². The maximum Gasteiger partial charge on any atom is 0.221 e. The first-order chi connectivity index (χ1) is 6.89. The van der Waals surface area contributed by atoms with Gasteiger partial charge in [-0.15, -0.1) is 0 Å². The van der Waals surface area contributed by atoms with Gasteiger partial charge in [0.25, 0.3) is 0 Å². The first-order valence-electron chi connectivity index (χ1n) is 4.88. The molecule has 0 spiro atoms. The van der Waals surface area contributed by atoms with E-state index in [2.05, 4.69) is 0 Å². The van der Waals surface area contributed by atoms with Gasteiger partial charge in [0.15, 0.2) is 0 Å². The van der Waals surface area contributed by atoms with Crippen LogP contribution in [0.15, 0.2) is 0 Å². The van der Waals surface area contributed by atoms with Crippen LogP contribution < -0.4 is 11.5 Å². The molecular formula is C8H17N3O3S. The van der Waals surface area contributed by atoms with Crippen molar-refractivity contribution in [1.82, 2.24) is 4.31 Å². The van der Waals surface area contributed by atoms with Gasteiger partial charge in [0, 0.05) is 19.6 Å². The number of primary amides is 1. The first kappa shape index (κ1) is 12.4. The molecule has 1 aliphatic rings. The second-order valence-electron chi connectivity index (χ2n) is 3.84. The molecular weight excluding hydrogens is 218 g/mol. The van der Waals surface area contributed by atoms with Crippen LogP contribution in [-0.4, -0.2) is 43.5 Å². The average molecular weight is 235 g/mol. The molecule has 1 aliphatic heterocycles. The lowest BCUT2D eigenvalue weighted by Crippen LogP contribution is -2.40. The van der Waals surface area contributed by atoms with Gasteiger partial charge in [0.1, 0.15) is 0 Å². The van der Waals surface area contributed by atoms with E-state index in [1.807, 2.05) is 0 Å². The van der Waals surface area contributed by atoms with E-state index in [0.717, 1.165) is 0 Å². The van der Waals surface area contributed by atoms with Crippen molar-refractivity contribution in [3.8, 4) is 0 Å². The van der Waals surface area contributed by atoms with E-state index in [4.69, 9.17) is 11.5 Å². The summed E-state index contributed by atoms with van der Waals surface area (Å²) in [5, 5.41) is -0.607. The highest BCUT2D eigenvalue weighted by atomic mass is 32.2. The molecule has 1 fully saturated rings. The quantitative estimate of drug-likeness (QED) is 0.616. The Labute approximate surface area is 89.6 Å². The van der Waals surface area contributed by atoms with E-state index in [9.17, 15) is 13.2 Å². The molecule has 0 bridgehead atoms. The minimum absolute atomic E-state index is 0.0834. The van der Waals surface area contributed by atoms with Crippen molar-refractivity contribution < 1.29 is 13.2 Å². The smallest absolute Gasteiger partial charge is 0.221 e. The second-order valence-corrected chi connectivity index (χ2v) is 6.19. The molecule has 7 heteroatoms. The fourth-order valence-corrected chi connectivity index (χ4v) is 3.07. The van der Waals surface area contributed by atoms with Crippen LogP contribution in [0.5, 0.6) is 0 Å². The van der Waals surface area contributed by atoms with Crippen molar-refractivity contribution in [3.63, 3.8) is 0 Å². The highest BCUT2D eigenvalue weighted by Crippen LogP contribution is 2.21. The van der Waals surface area contributed by atoms with Gasteiger partial charge in [0.05, 0.1) is 11.2 Å². The molecule has 0 aromatic heterocycles. The van der Waals surface area contributed by atoms with Crippen LogP contribution in [0.4, 0.5) is 0 Å². The third-order valence-electron chi connectivity index (χ3n) is 2.75. The number of hydrogen-bond donors (Lipinski definition) is 2. The number of sulfonamides is 1. The Morgan fingerprint density at radius 2 is 2.20 bits per heavy atom. The highest BCUT2D eigenvalue weighted by Gasteiger charge is 2.36. The number of carbonyl (C=O) groups excluding carboxylic acids is 1. The molecule has 6 nitrogen and oxygen atoms in total. The Morgan fingerprint density at radius 3 is 2.60 bits per heavy atom. The SMILES string of the molecule is CC(CN)S(=O)(=O)N1CCC(C(N)=O)C1. The van der Waals surface area contributed by atoms with Gasteiger partial charge < -0.3 is 11.5 Å². The average Bonchev–Trinajstić information content (AvgIpc) is 2.65. The standard InChI is InChI=1S/C8H17N3O3S/c1-6(4-9)15(13,14)11-3-2-7(5-11)8(10)12/h6-7H,2-5,9H2,1H3,(H2,10,12). The molecule has 15 heavy (non-hydrogen) atoms. The van der Waals surface area contributed by atoms with Crippen LogP contribution >= 0.6 is 0 Å². The second kappa shape index (κ2) is 4.46. The lowest BCUT2D eigenvalue weighted by atomic mass is 10.1. The van der Waals surface area contributed by atoms with Crippen molar-refractivity contribution in [2.24, 2.45) is 17.4 Å². The number of amides is 1. The summed E-state index contributed by atoms with van der Waals surface area (Å²) >= 11 is 0. The third kappa shape index (κ3) is 2.47. The molecule has 1 rings (SSSR count). The van der Waals surface area contributed by atoms with E-state index in [1.54, 1.807) is 6.92 Å². The fraction of sp³-hybridized carbons (Fsp3) is 0.875. The highest BCUT2D eigenvalue weighted by molar-refractivity contribution is 7.89. The number of carbonyl (C=O) groups is 1. The number of nitrogens with two attached hydrogens (primary N) is 2. The predicted octanol–water partition coefficient (Wildman–Crippen LogP) is -1.53. The largest absolute Gasteiger partial charge is 0.369 e. The summed E-state index contributed by atoms with van der Waals surface area (Å²) in [6, 6.07) is 0. The molecule has 0 saturated carbocycles. The van der Waals surface area contributed by atoms with Crippen molar-refractivity contribution >= 4 is 15.9 Å². The first-order valence-corrected chi connectivity index (χ1v) is 6.38. The summed E-state index contributed by atoms with van der Waals surface area (Å²) in [6.45, 7) is 2.20. The van der Waals surface area contributed by atoms with Gasteiger partial charge >= 0.3 is 0 Å². The number of hydrogen-bond acceptors (Lipinski definition) is 4. The predicted molar refractivity (Wildman–Crippen MR) is 56.3 cm³/mol. The minimum Gasteiger partial charge on any atom is -0.369 e. The van der Waals surface area contributed by atoms with Gasteiger partial charge in [-0.3, -0.25) is 4.79 Å². The molecule has 88 valence electrons. The van der Waals surface area contributed by atoms with Gasteiger partial charge in [-0.05, 0) is 13.3 Å². The zero-order valence-electron chi connectivity index (χ0n) is 8.72. The van der Waals surface area contributed by atoms with Crippen LogP contribution in [0.3, 0.4) is 0 Å². The number of rotatable bonds is 4. The lowest BCUT2D eigenvalue weighted by molar-refractivity contribution is -0.121. The summed E-state index contributed by atoms with van der Waals surface area (Å²) in [6.07, 6.45) is 0.506. The zero-order valence-corrected chi connectivity index (χ0v) is 9.53. The number of nitrogens with zero attached hydrogens (tertiary/aromatic N) is 1. The summed E-state index contributed by atoms with van der Waals surface area (Å²) in [5.41, 5.74) is 10.4. The van der Waals surface area contributed by atoms with Crippen LogP contribution in [-0.2, 0) is 14.8 Å². The van der Waals surface area contributed by atoms with Gasteiger partial charge in [-0.25, -0.2) is 12.7 Å². The Hall–Kier alpha value is -0.660. The molecule has 0 aromatic rings. The Kier molecular flexibility index (Phi) is 3.69. The molecule has 4 N–H and O–H groups in total. The maximum absolute atomic E-state index is 11.8. The van der Waals surface area contributed by atoms with E-state index in [1.165, 1.54) is 4.31 Å². The third-order valence-corrected chi connectivity index (χ3v) is 5.01. The van der Waals surface area contributed by atoms with Crippen LogP contribution in [0.1, 0.15) is 13.3 Å². The molecule has 1 saturated heterocycles. The van der Waals surface area contributed by atoms with Crippen LogP contribution in [0, 0.1) is 5.92 Å². The molecule has 2 unspecified atom stereocenters. The maximum atomic E-state index is 11.8. The van der Waals surface area contributed by atoms with Crippen LogP contribution in [0.25, 0.3) is 0 Å². The van der Waals surface area contributed by atoms with Gasteiger partial charge in [0.2, 0.25) is 15.9 Å². The fourth-order valence-electron chi connectivity index (χ4n) is 1.57. The topological polar surface area (TPSA) is 106 Å². The Balaban J connectivity index is 2.72. The molecule has 2 atom stereocenters. The van der Waals surface area contributed by atoms with Crippen molar-refractivity contribution in [1.29, 1.82) is 0 Å². The summed E-state index contributed by atoms with van der Waals surface area (Å²) in [5.74, 6) is -0.794. The molecule has 0 aromatic carbocycles. The Morgan fingerprint density at radius 1 is 1.60 bits per heavy atom. The summed E-state index contributed by atoms with van der Waals surface area (Å²) in [7, 11) is -3.35. The Bertz CT molecular complexity index is 341. The van der Waals surface area contributed by atoms with Gasteiger partial charge in [-0.1, -0.05) is 0 Å². The summed E-state index contributed by atoms with van der Waals surface area (Å²) < 4.78 is 25.0. The molecule has 1 amide bonds. The monoisotopic (exact) mass is 235 g/mol. The van der Waals surface area contributed by atoms with E-state index in [-0.39, 0.29) is 19.0 Å². The van der Waals surface area contributed by atoms with E-state index < -0.39 is 21.2 Å². The van der Waals surface area contributed by atoms with Crippen LogP contribution in [0.2, 0.25) is 0 Å².